The molecule has 0 aliphatic rings. The predicted molar refractivity (Wildman–Crippen MR) is 172 cm³/mol. The van der Waals surface area contributed by atoms with E-state index in [0.717, 1.165) is 25.7 Å². The first-order valence-corrected chi connectivity index (χ1v) is 16.0. The number of carboxylic acid groups (broad SMARTS) is 2. The second-order valence-electron chi connectivity index (χ2n) is 10.8. The zero-order chi connectivity index (χ0) is 27.0. The number of rotatable bonds is 28. The molecule has 0 bridgehead atoms. The van der Waals surface area contributed by atoms with E-state index in [1.807, 2.05) is 0 Å². The summed E-state index contributed by atoms with van der Waals surface area (Å²) in [6, 6.07) is 0. The Balaban J connectivity index is -0.0000000816. The molecule has 6 heteroatoms. The fourth-order valence-corrected chi connectivity index (χ4v) is 4.59. The monoisotopic (exact) mass is 564 g/mol. The van der Waals surface area contributed by atoms with Gasteiger partial charge in [-0.3, -0.25) is 9.59 Å². The number of unbranched alkanes of at least 4 members (excludes halogenated alkanes) is 24. The van der Waals surface area contributed by atoms with E-state index in [0.29, 0.717) is 12.8 Å². The molecule has 0 spiro atoms. The second kappa shape index (κ2) is 41.9. The first-order chi connectivity index (χ1) is 17.5. The van der Waals surface area contributed by atoms with Gasteiger partial charge in [-0.2, -0.15) is 0 Å². The zero-order valence-electron chi connectivity index (χ0n) is 29.9. The van der Waals surface area contributed by atoms with Crippen LogP contribution in [-0.2, 0) is 9.59 Å². The molecule has 0 aromatic heterocycles. The average molecular weight is 566 g/mol. The molecule has 2 N–H and O–H groups in total. The Morgan fingerprint density at radius 2 is 0.526 bits per heavy atom. The normalized spacial score (nSPS) is 10.2. The number of carboxylic acids is 2. The van der Waals surface area contributed by atoms with E-state index in [-0.39, 0.29) is 51.8 Å². The summed E-state index contributed by atoms with van der Waals surface area (Å²) in [4.78, 5) is 20.6. The van der Waals surface area contributed by atoms with Crippen LogP contribution in [0.4, 0.5) is 0 Å². The molecule has 0 saturated heterocycles. The predicted octanol–water partition coefficient (Wildman–Crippen LogP) is 10.8. The van der Waals surface area contributed by atoms with Gasteiger partial charge in [0, 0.05) is 12.8 Å². The Bertz CT molecular complexity index is 466. The summed E-state index contributed by atoms with van der Waals surface area (Å²) in [5.74, 6) is -1.31. The Morgan fingerprint density at radius 1 is 0.368 bits per heavy atom. The summed E-state index contributed by atoms with van der Waals surface area (Å²) in [6.45, 7) is 4.52. The maximum Gasteiger partial charge on any atom is 2.00 e. The zero-order valence-corrected chi connectivity index (χ0v) is 28.8. The largest absolute Gasteiger partial charge is 2.00 e. The third-order valence-corrected chi connectivity index (χ3v) is 6.99. The fourth-order valence-electron chi connectivity index (χ4n) is 4.59. The van der Waals surface area contributed by atoms with Crippen LogP contribution >= 0.6 is 0 Å². The quantitative estimate of drug-likeness (QED) is 0.0731. The van der Waals surface area contributed by atoms with Gasteiger partial charge in [-0.15, -0.1) is 0 Å². The Morgan fingerprint density at radius 3 is 0.684 bits per heavy atom. The van der Waals surface area contributed by atoms with Crippen LogP contribution in [0.1, 0.15) is 199 Å². The van der Waals surface area contributed by atoms with Crippen LogP contribution in [0, 0.1) is 0 Å². The molecule has 38 heavy (non-hydrogen) atoms. The second-order valence-corrected chi connectivity index (χ2v) is 10.8. The average Bonchev–Trinajstić information content (AvgIpc) is 2.85. The molecule has 0 fully saturated rings. The molecule has 0 saturated carbocycles. The number of aliphatic carboxylic acids is 2. The molecule has 0 aliphatic heterocycles. The summed E-state index contributed by atoms with van der Waals surface area (Å²) in [7, 11) is 0. The summed E-state index contributed by atoms with van der Waals surface area (Å²) in [5.41, 5.74) is 0. The van der Waals surface area contributed by atoms with E-state index in [2.05, 4.69) is 13.8 Å². The van der Waals surface area contributed by atoms with E-state index in [9.17, 15) is 9.59 Å². The van der Waals surface area contributed by atoms with Crippen molar-refractivity contribution in [3.63, 3.8) is 0 Å². The molecular formula is C32H68Mg2O4. The molecule has 0 atom stereocenters. The molecule has 0 aliphatic carbocycles. The maximum atomic E-state index is 10.3. The minimum Gasteiger partial charge on any atom is -1.00 e. The van der Waals surface area contributed by atoms with Gasteiger partial charge in [0.15, 0.2) is 0 Å². The topological polar surface area (TPSA) is 74.6 Å². The molecule has 0 amide bonds. The summed E-state index contributed by atoms with van der Waals surface area (Å²) in [5, 5.41) is 17.0. The van der Waals surface area contributed by atoms with Crippen molar-refractivity contribution in [1.82, 2.24) is 0 Å². The van der Waals surface area contributed by atoms with Gasteiger partial charge in [0.1, 0.15) is 0 Å². The van der Waals surface area contributed by atoms with Gasteiger partial charge in [0.05, 0.1) is 0 Å². The minimum atomic E-state index is -0.657. The third-order valence-electron chi connectivity index (χ3n) is 6.99. The van der Waals surface area contributed by atoms with Crippen molar-refractivity contribution in [3.05, 3.63) is 0 Å². The smallest absolute Gasteiger partial charge is 1.00 e. The van der Waals surface area contributed by atoms with Crippen molar-refractivity contribution < 1.29 is 25.5 Å². The molecular weight excluding hydrogens is 497 g/mol. The van der Waals surface area contributed by atoms with Crippen molar-refractivity contribution in [1.29, 1.82) is 0 Å². The molecule has 0 aromatic rings. The molecule has 0 heterocycles. The van der Waals surface area contributed by atoms with Crippen molar-refractivity contribution in [3.8, 4) is 0 Å². The molecule has 0 radical (unpaired) electrons. The van der Waals surface area contributed by atoms with E-state index >= 15 is 0 Å². The fraction of sp³-hybridized carbons (Fsp3) is 0.938. The minimum absolute atomic E-state index is 0. The number of hydrogen-bond acceptors (Lipinski definition) is 2. The van der Waals surface area contributed by atoms with Crippen molar-refractivity contribution in [2.45, 2.75) is 194 Å². The molecule has 4 nitrogen and oxygen atoms in total. The van der Waals surface area contributed by atoms with E-state index in [1.54, 1.807) is 0 Å². The number of hydrogen-bond donors (Lipinski definition) is 2. The first-order valence-electron chi connectivity index (χ1n) is 16.0. The van der Waals surface area contributed by atoms with Gasteiger partial charge in [-0.1, -0.05) is 168 Å². The van der Waals surface area contributed by atoms with Crippen LogP contribution in [0.5, 0.6) is 0 Å². The van der Waals surface area contributed by atoms with Crippen LogP contribution in [0.15, 0.2) is 0 Å². The Hall–Kier alpha value is 0.472. The maximum absolute atomic E-state index is 10.3. The van der Waals surface area contributed by atoms with Crippen molar-refractivity contribution >= 4 is 58.0 Å². The van der Waals surface area contributed by atoms with Crippen molar-refractivity contribution in [2.24, 2.45) is 0 Å². The van der Waals surface area contributed by atoms with Crippen LogP contribution in [0.2, 0.25) is 0 Å². The van der Waals surface area contributed by atoms with Gasteiger partial charge in [-0.05, 0) is 12.8 Å². The van der Waals surface area contributed by atoms with E-state index < -0.39 is 11.9 Å². The summed E-state index contributed by atoms with van der Waals surface area (Å²) < 4.78 is 0. The summed E-state index contributed by atoms with van der Waals surface area (Å²) in [6.07, 6.45) is 34.6. The third kappa shape index (κ3) is 49.4. The first kappa shape index (κ1) is 45.5. The van der Waals surface area contributed by atoms with Gasteiger partial charge in [0.2, 0.25) is 0 Å². The van der Waals surface area contributed by atoms with Crippen LogP contribution < -0.4 is 0 Å². The van der Waals surface area contributed by atoms with E-state index in [1.165, 1.54) is 141 Å². The van der Waals surface area contributed by atoms with Gasteiger partial charge in [0.25, 0.3) is 0 Å². The van der Waals surface area contributed by atoms with Gasteiger partial charge < -0.3 is 15.9 Å². The van der Waals surface area contributed by atoms with Gasteiger partial charge >= 0.3 is 58.0 Å². The van der Waals surface area contributed by atoms with Crippen LogP contribution in [0.25, 0.3) is 0 Å². The van der Waals surface area contributed by atoms with E-state index in [4.69, 9.17) is 10.2 Å². The number of carbonyl (C=O) groups is 2. The van der Waals surface area contributed by atoms with Crippen LogP contribution in [-0.4, -0.2) is 68.3 Å². The van der Waals surface area contributed by atoms with Gasteiger partial charge in [-0.25, -0.2) is 0 Å². The molecule has 0 unspecified atom stereocenters. The molecule has 224 valence electrons. The van der Waals surface area contributed by atoms with Crippen molar-refractivity contribution in [2.75, 3.05) is 0 Å². The molecule has 0 aromatic carbocycles. The SMILES string of the molecule is CCCCCCCCCCCCCC(=O)O.CCCCCCCCCCCCCCCCCC(=O)O.[H-].[H-].[H-].[H-].[Mg+2].[Mg+2]. The standard InChI is InChI=1S/C18H36O2.C14H28O2.2Mg.4H/c1-2-3-4-5-6-7-8-9-10-11-12-13-14-15-16-17-18(19)20;1-2-3-4-5-6-7-8-9-10-11-12-13-14(15)16;;;;;;/h2-17H2,1H3,(H,19,20);2-13H2,1H3,(H,15,16);;;;;;/q;;2*+2;4*-1. The molecule has 0 rings (SSSR count). The Labute approximate surface area is 275 Å². The van der Waals surface area contributed by atoms with Crippen LogP contribution in [0.3, 0.4) is 0 Å². The Kier molecular flexibility index (Phi) is 50.2. The summed E-state index contributed by atoms with van der Waals surface area (Å²) >= 11 is 0.